The fourth-order valence-electron chi connectivity index (χ4n) is 5.64. The van der Waals surface area contributed by atoms with Crippen LogP contribution in [-0.2, 0) is 16.1 Å². The monoisotopic (exact) mass is 589 g/mol. The summed E-state index contributed by atoms with van der Waals surface area (Å²) in [7, 11) is 0. The van der Waals surface area contributed by atoms with Crippen molar-refractivity contribution in [1.82, 2.24) is 10.3 Å². The summed E-state index contributed by atoms with van der Waals surface area (Å²) in [6.07, 6.45) is 0.741. The molecule has 0 unspecified atom stereocenters. The Morgan fingerprint density at radius 1 is 1.05 bits per heavy atom. The van der Waals surface area contributed by atoms with Gasteiger partial charge in [-0.05, 0) is 94.7 Å². The van der Waals surface area contributed by atoms with Crippen LogP contribution in [0.5, 0.6) is 0 Å². The van der Waals surface area contributed by atoms with Gasteiger partial charge < -0.3 is 20.1 Å². The quantitative estimate of drug-likeness (QED) is 0.286. The van der Waals surface area contributed by atoms with Gasteiger partial charge in [0.05, 0.1) is 11.3 Å². The van der Waals surface area contributed by atoms with E-state index in [9.17, 15) is 19.1 Å². The van der Waals surface area contributed by atoms with Gasteiger partial charge in [0, 0.05) is 47.7 Å². The molecule has 7 nitrogen and oxygen atoms in total. The van der Waals surface area contributed by atoms with E-state index in [4.69, 9.17) is 9.72 Å². The molecule has 1 saturated heterocycles. The molecular weight excluding hydrogens is 545 g/mol. The minimum atomic E-state index is -1.20. The summed E-state index contributed by atoms with van der Waals surface area (Å²) in [5, 5.41) is 13.3. The lowest BCUT2D eigenvalue weighted by Gasteiger charge is -2.41. The summed E-state index contributed by atoms with van der Waals surface area (Å²) in [5.74, 6) is -1.57. The number of nitrogens with one attached hydrogen (secondary N) is 1. The van der Waals surface area contributed by atoms with Gasteiger partial charge in [0.1, 0.15) is 5.82 Å². The molecule has 8 heteroatoms. The number of aryl methyl sites for hydroxylation is 3. The fraction of sp³-hybridized carbons (Fsp3) is 0.457. The zero-order valence-corrected chi connectivity index (χ0v) is 26.6. The summed E-state index contributed by atoms with van der Waals surface area (Å²) >= 11 is 0. The van der Waals surface area contributed by atoms with Crippen molar-refractivity contribution in [2.24, 2.45) is 5.41 Å². The molecule has 1 aliphatic heterocycles. The molecule has 1 aliphatic rings. The van der Waals surface area contributed by atoms with Crippen molar-refractivity contribution in [3.05, 3.63) is 81.9 Å². The molecule has 2 N–H and O–H groups in total. The van der Waals surface area contributed by atoms with Gasteiger partial charge in [0.25, 0.3) is 5.91 Å². The smallest absolute Gasteiger partial charge is 0.337 e. The number of halogens is 1. The van der Waals surface area contributed by atoms with Crippen molar-refractivity contribution in [3.8, 4) is 11.1 Å². The molecule has 0 radical (unpaired) electrons. The Bertz CT molecular complexity index is 1500. The summed E-state index contributed by atoms with van der Waals surface area (Å²) in [6, 6.07) is 12.1. The van der Waals surface area contributed by atoms with Crippen LogP contribution in [0.3, 0.4) is 0 Å². The van der Waals surface area contributed by atoms with Crippen LogP contribution in [0.2, 0.25) is 0 Å². The van der Waals surface area contributed by atoms with Crippen molar-refractivity contribution < 1.29 is 23.8 Å². The Morgan fingerprint density at radius 2 is 1.67 bits per heavy atom. The van der Waals surface area contributed by atoms with E-state index in [1.165, 1.54) is 6.07 Å². The highest BCUT2D eigenvalue weighted by Gasteiger charge is 2.36. The number of ether oxygens (including phenoxy) is 1. The Hall–Kier alpha value is -3.78. The molecule has 230 valence electrons. The standard InChI is InChI=1S/C35H44FN3O4/c1-21-19-24(9-14-27(21)36)20-37-32(40)26-12-10-25(11-13-26)28-22(2)38-23(3)29(31(33(41)42)43-34(4,5)6)30(28)39-17-15-35(7,8)16-18-39/h9-14,19,31H,15-18,20H2,1-8H3,(H,37,40)(H,41,42)/t31-/m0/s1. The van der Waals surface area contributed by atoms with Gasteiger partial charge in [-0.2, -0.15) is 0 Å². The second kappa shape index (κ2) is 12.4. The van der Waals surface area contributed by atoms with Gasteiger partial charge in [0.2, 0.25) is 0 Å². The normalized spacial score (nSPS) is 15.7. The van der Waals surface area contributed by atoms with Crippen LogP contribution < -0.4 is 10.2 Å². The van der Waals surface area contributed by atoms with Crippen LogP contribution in [0.4, 0.5) is 10.1 Å². The highest BCUT2D eigenvalue weighted by Crippen LogP contribution is 2.44. The summed E-state index contributed by atoms with van der Waals surface area (Å²) < 4.78 is 19.8. The SMILES string of the molecule is Cc1cc(CNC(=O)c2ccc(-c3c(C)nc(C)c([C@H](OC(C)(C)C)C(=O)O)c3N3CCC(C)(C)CC3)cc2)ccc1F. The second-order valence-corrected chi connectivity index (χ2v) is 13.4. The van der Waals surface area contributed by atoms with E-state index < -0.39 is 17.7 Å². The van der Waals surface area contributed by atoms with E-state index >= 15 is 0 Å². The molecule has 0 saturated carbocycles. The Kier molecular flexibility index (Phi) is 9.30. The lowest BCUT2D eigenvalue weighted by atomic mass is 9.81. The number of amides is 1. The van der Waals surface area contributed by atoms with E-state index in [2.05, 4.69) is 24.1 Å². The minimum Gasteiger partial charge on any atom is -0.479 e. The van der Waals surface area contributed by atoms with Crippen LogP contribution >= 0.6 is 0 Å². The lowest BCUT2D eigenvalue weighted by Crippen LogP contribution is -2.39. The molecule has 4 rings (SSSR count). The molecular formula is C35H44FN3O4. The molecule has 0 spiro atoms. The third-order valence-electron chi connectivity index (χ3n) is 8.08. The van der Waals surface area contributed by atoms with E-state index in [1.807, 2.05) is 46.8 Å². The van der Waals surface area contributed by atoms with Crippen LogP contribution in [0.25, 0.3) is 11.1 Å². The number of nitrogens with zero attached hydrogens (tertiary/aromatic N) is 2. The molecule has 1 aromatic heterocycles. The van der Waals surface area contributed by atoms with Gasteiger partial charge in [-0.3, -0.25) is 9.78 Å². The first-order valence-electron chi connectivity index (χ1n) is 14.9. The third-order valence-corrected chi connectivity index (χ3v) is 8.08. The van der Waals surface area contributed by atoms with Crippen LogP contribution in [0.1, 0.15) is 92.0 Å². The lowest BCUT2D eigenvalue weighted by molar-refractivity contribution is -0.160. The first-order chi connectivity index (χ1) is 20.1. The van der Waals surface area contributed by atoms with Crippen molar-refractivity contribution in [1.29, 1.82) is 0 Å². The summed E-state index contributed by atoms with van der Waals surface area (Å²) in [4.78, 5) is 32.8. The topological polar surface area (TPSA) is 91.8 Å². The number of piperidine rings is 1. The van der Waals surface area contributed by atoms with Gasteiger partial charge in [0.15, 0.2) is 6.10 Å². The maximum Gasteiger partial charge on any atom is 0.337 e. The average molecular weight is 590 g/mol. The first kappa shape index (κ1) is 32.1. The number of carbonyl (C=O) groups is 2. The van der Waals surface area contributed by atoms with Gasteiger partial charge in [-0.15, -0.1) is 0 Å². The molecule has 0 aliphatic carbocycles. The number of rotatable bonds is 8. The van der Waals surface area contributed by atoms with E-state index in [0.717, 1.165) is 54.0 Å². The Labute approximate surface area is 254 Å². The van der Waals surface area contributed by atoms with Crippen LogP contribution in [-0.4, -0.2) is 40.7 Å². The minimum absolute atomic E-state index is 0.198. The first-order valence-corrected chi connectivity index (χ1v) is 14.9. The largest absolute Gasteiger partial charge is 0.479 e. The third kappa shape index (κ3) is 7.60. The number of carboxylic acid groups (broad SMARTS) is 1. The van der Waals surface area contributed by atoms with E-state index in [1.54, 1.807) is 31.2 Å². The van der Waals surface area contributed by atoms with Crippen molar-refractivity contribution in [2.75, 3.05) is 18.0 Å². The molecule has 0 bridgehead atoms. The van der Waals surface area contributed by atoms with Crippen molar-refractivity contribution >= 4 is 17.6 Å². The number of benzene rings is 2. The summed E-state index contributed by atoms with van der Waals surface area (Å²) in [5.41, 5.74) is 5.85. The van der Waals surface area contributed by atoms with E-state index in [0.29, 0.717) is 22.4 Å². The van der Waals surface area contributed by atoms with Crippen LogP contribution in [0.15, 0.2) is 42.5 Å². The average Bonchev–Trinajstić information content (AvgIpc) is 2.92. The zero-order chi connectivity index (χ0) is 31.7. The van der Waals surface area contributed by atoms with Gasteiger partial charge in [-0.25, -0.2) is 9.18 Å². The molecule has 1 atom stereocenters. The molecule has 2 aromatic carbocycles. The molecule has 1 fully saturated rings. The second-order valence-electron chi connectivity index (χ2n) is 13.4. The number of pyridine rings is 1. The molecule has 1 amide bonds. The number of hydrogen-bond donors (Lipinski definition) is 2. The number of aliphatic carboxylic acids is 1. The summed E-state index contributed by atoms with van der Waals surface area (Å²) in [6.45, 7) is 17.4. The molecule has 43 heavy (non-hydrogen) atoms. The predicted molar refractivity (Wildman–Crippen MR) is 168 cm³/mol. The number of hydrogen-bond acceptors (Lipinski definition) is 5. The highest BCUT2D eigenvalue weighted by molar-refractivity contribution is 5.95. The maximum atomic E-state index is 13.6. The number of anilines is 1. The predicted octanol–water partition coefficient (Wildman–Crippen LogP) is 7.31. The fourth-order valence-corrected chi connectivity index (χ4v) is 5.64. The molecule has 3 aromatic rings. The van der Waals surface area contributed by atoms with Crippen molar-refractivity contribution in [2.45, 2.75) is 86.5 Å². The molecule has 2 heterocycles. The van der Waals surface area contributed by atoms with Gasteiger partial charge in [-0.1, -0.05) is 38.1 Å². The Morgan fingerprint density at radius 3 is 2.23 bits per heavy atom. The maximum absolute atomic E-state index is 13.6. The number of carbonyl (C=O) groups excluding carboxylic acids is 1. The van der Waals surface area contributed by atoms with Gasteiger partial charge >= 0.3 is 5.97 Å². The number of carboxylic acids is 1. The Balaban J connectivity index is 1.74. The number of aromatic nitrogens is 1. The zero-order valence-electron chi connectivity index (χ0n) is 26.6. The van der Waals surface area contributed by atoms with E-state index in [-0.39, 0.29) is 23.7 Å². The highest BCUT2D eigenvalue weighted by atomic mass is 19.1. The van der Waals surface area contributed by atoms with Crippen molar-refractivity contribution in [3.63, 3.8) is 0 Å². The van der Waals surface area contributed by atoms with Crippen LogP contribution in [0, 0.1) is 32.0 Å².